The number of benzene rings is 1. The number of hydrogen-bond donors (Lipinski definition) is 2. The summed E-state index contributed by atoms with van der Waals surface area (Å²) in [6, 6.07) is 3.08. The van der Waals surface area contributed by atoms with E-state index in [1.807, 2.05) is 0 Å². The number of phenols is 1. The van der Waals surface area contributed by atoms with Crippen LogP contribution in [0, 0.1) is 0 Å². The van der Waals surface area contributed by atoms with Crippen LogP contribution >= 0.6 is 23.2 Å². The largest absolute Gasteiger partial charge is 0.506 e. The average molecular weight is 312 g/mol. The molecule has 0 spiro atoms. The Morgan fingerprint density at radius 3 is 2.61 bits per heavy atom. The van der Waals surface area contributed by atoms with Crippen LogP contribution in [-0.2, 0) is 16.4 Å². The van der Waals surface area contributed by atoms with Crippen LogP contribution in [0.1, 0.15) is 12.0 Å². The molecular weight excluding hydrogens is 297 g/mol. The lowest BCUT2D eigenvalue weighted by molar-refractivity contribution is 0.464. The molecule has 2 N–H and O–H groups in total. The number of halogens is 2. The highest BCUT2D eigenvalue weighted by atomic mass is 35.5. The fourth-order valence-corrected chi connectivity index (χ4v) is 2.64. The van der Waals surface area contributed by atoms with E-state index in [9.17, 15) is 13.5 Å². The highest BCUT2D eigenvalue weighted by Crippen LogP contribution is 2.30. The Morgan fingerprint density at radius 2 is 2.00 bits per heavy atom. The fraction of sp³-hybridized carbons (Fsp3) is 0.455. The minimum atomic E-state index is -2.92. The summed E-state index contributed by atoms with van der Waals surface area (Å²) in [4.78, 5) is 0. The molecular formula is C11H15Cl2NO3S. The Bertz CT molecular complexity index is 517. The van der Waals surface area contributed by atoms with Crippen LogP contribution in [0.4, 0.5) is 0 Å². The van der Waals surface area contributed by atoms with E-state index in [0.29, 0.717) is 30.1 Å². The van der Waals surface area contributed by atoms with Gasteiger partial charge in [0, 0.05) is 23.4 Å². The molecule has 102 valence electrons. The summed E-state index contributed by atoms with van der Waals surface area (Å²) < 4.78 is 21.8. The molecule has 1 rings (SSSR count). The molecule has 0 atom stereocenters. The molecule has 0 saturated carbocycles. The third-order valence-corrected chi connectivity index (χ3v) is 3.83. The van der Waals surface area contributed by atoms with Gasteiger partial charge in [-0.05, 0) is 25.1 Å². The first-order chi connectivity index (χ1) is 8.29. The van der Waals surface area contributed by atoms with Crippen molar-refractivity contribution in [3.05, 3.63) is 27.7 Å². The van der Waals surface area contributed by atoms with E-state index in [1.165, 1.54) is 12.3 Å². The van der Waals surface area contributed by atoms with Gasteiger partial charge < -0.3 is 10.4 Å². The Labute approximate surface area is 117 Å². The van der Waals surface area contributed by atoms with Crippen LogP contribution in [0.5, 0.6) is 5.75 Å². The van der Waals surface area contributed by atoms with Crippen LogP contribution in [0.25, 0.3) is 0 Å². The van der Waals surface area contributed by atoms with E-state index in [2.05, 4.69) is 5.32 Å². The normalized spacial score (nSPS) is 11.7. The fourth-order valence-electron chi connectivity index (χ4n) is 1.44. The Balaban J connectivity index is 2.45. The number of phenolic OH excluding ortho intramolecular Hbond substituents is 1. The molecule has 0 amide bonds. The molecule has 18 heavy (non-hydrogen) atoms. The predicted molar refractivity (Wildman–Crippen MR) is 74.2 cm³/mol. The summed E-state index contributed by atoms with van der Waals surface area (Å²) in [5.41, 5.74) is 0.590. The van der Waals surface area contributed by atoms with Gasteiger partial charge in [-0.25, -0.2) is 8.42 Å². The second kappa shape index (κ2) is 6.61. The molecule has 0 heterocycles. The summed E-state index contributed by atoms with van der Waals surface area (Å²) in [5.74, 6) is 0.138. The molecule has 0 unspecified atom stereocenters. The van der Waals surface area contributed by atoms with Crippen molar-refractivity contribution < 1.29 is 13.5 Å². The molecule has 0 aromatic heterocycles. The van der Waals surface area contributed by atoms with Gasteiger partial charge in [0.1, 0.15) is 15.6 Å². The molecule has 0 aliphatic heterocycles. The summed E-state index contributed by atoms with van der Waals surface area (Å²) >= 11 is 11.6. The summed E-state index contributed by atoms with van der Waals surface area (Å²) in [5, 5.41) is 13.4. The molecule has 1 aromatic rings. The minimum absolute atomic E-state index is 0.00307. The van der Waals surface area contributed by atoms with Crippen LogP contribution in [0.3, 0.4) is 0 Å². The molecule has 0 aliphatic carbocycles. The van der Waals surface area contributed by atoms with E-state index in [4.69, 9.17) is 23.2 Å². The lowest BCUT2D eigenvalue weighted by Crippen LogP contribution is -2.18. The van der Waals surface area contributed by atoms with Crippen molar-refractivity contribution in [2.24, 2.45) is 0 Å². The van der Waals surface area contributed by atoms with Gasteiger partial charge in [0.15, 0.2) is 0 Å². The van der Waals surface area contributed by atoms with E-state index >= 15 is 0 Å². The SMILES string of the molecule is CS(=O)(=O)CCCNCc1cc(Cl)cc(Cl)c1O. The van der Waals surface area contributed by atoms with Gasteiger partial charge >= 0.3 is 0 Å². The van der Waals surface area contributed by atoms with E-state index < -0.39 is 9.84 Å². The highest BCUT2D eigenvalue weighted by Gasteiger charge is 2.07. The maximum atomic E-state index is 10.9. The second-order valence-corrected chi connectivity index (χ2v) is 7.16. The first-order valence-corrected chi connectivity index (χ1v) is 8.16. The average Bonchev–Trinajstić information content (AvgIpc) is 2.22. The Morgan fingerprint density at radius 1 is 1.33 bits per heavy atom. The maximum Gasteiger partial charge on any atom is 0.147 e. The summed E-state index contributed by atoms with van der Waals surface area (Å²) in [6.07, 6.45) is 1.73. The molecule has 0 fully saturated rings. The summed E-state index contributed by atoms with van der Waals surface area (Å²) in [7, 11) is -2.92. The molecule has 0 radical (unpaired) electrons. The van der Waals surface area contributed by atoms with Crippen molar-refractivity contribution in [1.82, 2.24) is 5.32 Å². The van der Waals surface area contributed by atoms with Gasteiger partial charge in [0.25, 0.3) is 0 Å². The minimum Gasteiger partial charge on any atom is -0.506 e. The monoisotopic (exact) mass is 311 g/mol. The first kappa shape index (κ1) is 15.6. The van der Waals surface area contributed by atoms with E-state index in [0.717, 1.165) is 0 Å². The van der Waals surface area contributed by atoms with Gasteiger partial charge in [-0.3, -0.25) is 0 Å². The molecule has 4 nitrogen and oxygen atoms in total. The second-order valence-electron chi connectivity index (χ2n) is 4.06. The summed E-state index contributed by atoms with van der Waals surface area (Å²) in [6.45, 7) is 0.923. The first-order valence-electron chi connectivity index (χ1n) is 5.35. The van der Waals surface area contributed by atoms with Gasteiger partial charge in [-0.2, -0.15) is 0 Å². The molecule has 0 saturated heterocycles. The zero-order valence-corrected chi connectivity index (χ0v) is 12.2. The van der Waals surface area contributed by atoms with Gasteiger partial charge in [-0.1, -0.05) is 23.2 Å². The number of sulfone groups is 1. The highest BCUT2D eigenvalue weighted by molar-refractivity contribution is 7.90. The quantitative estimate of drug-likeness (QED) is 0.791. The van der Waals surface area contributed by atoms with E-state index in [1.54, 1.807) is 6.07 Å². The third-order valence-electron chi connectivity index (χ3n) is 2.29. The predicted octanol–water partition coefficient (Wildman–Crippen LogP) is 2.22. The standard InChI is InChI=1S/C11H15Cl2NO3S/c1-18(16,17)4-2-3-14-7-8-5-9(12)6-10(13)11(8)15/h5-6,14-15H,2-4,7H2,1H3. The van der Waals surface area contributed by atoms with Crippen LogP contribution < -0.4 is 5.32 Å². The maximum absolute atomic E-state index is 10.9. The number of hydrogen-bond acceptors (Lipinski definition) is 4. The van der Waals surface area contributed by atoms with Crippen molar-refractivity contribution in [2.75, 3.05) is 18.6 Å². The molecule has 7 heteroatoms. The Kier molecular flexibility index (Phi) is 5.72. The number of rotatable bonds is 6. The molecule has 0 aliphatic rings. The molecule has 1 aromatic carbocycles. The van der Waals surface area contributed by atoms with Crippen molar-refractivity contribution >= 4 is 33.0 Å². The smallest absolute Gasteiger partial charge is 0.147 e. The van der Waals surface area contributed by atoms with Crippen molar-refractivity contribution in [3.63, 3.8) is 0 Å². The van der Waals surface area contributed by atoms with Gasteiger partial charge in [0.2, 0.25) is 0 Å². The van der Waals surface area contributed by atoms with Crippen molar-refractivity contribution in [3.8, 4) is 5.75 Å². The topological polar surface area (TPSA) is 66.4 Å². The van der Waals surface area contributed by atoms with Crippen LogP contribution in [0.15, 0.2) is 12.1 Å². The molecule has 0 bridgehead atoms. The zero-order valence-electron chi connectivity index (χ0n) is 9.91. The van der Waals surface area contributed by atoms with Crippen LogP contribution in [0.2, 0.25) is 10.0 Å². The third kappa shape index (κ3) is 5.44. The van der Waals surface area contributed by atoms with E-state index in [-0.39, 0.29) is 16.5 Å². The zero-order chi connectivity index (χ0) is 13.8. The van der Waals surface area contributed by atoms with Gasteiger partial charge in [0.05, 0.1) is 10.8 Å². The Hall–Kier alpha value is -0.490. The van der Waals surface area contributed by atoms with Crippen molar-refractivity contribution in [2.45, 2.75) is 13.0 Å². The lowest BCUT2D eigenvalue weighted by Gasteiger charge is -2.08. The van der Waals surface area contributed by atoms with Gasteiger partial charge in [-0.15, -0.1) is 0 Å². The number of nitrogens with one attached hydrogen (secondary N) is 1. The van der Waals surface area contributed by atoms with Crippen molar-refractivity contribution in [1.29, 1.82) is 0 Å². The number of aromatic hydroxyl groups is 1. The van der Waals surface area contributed by atoms with Crippen LogP contribution in [-0.4, -0.2) is 32.1 Å². The lowest BCUT2D eigenvalue weighted by atomic mass is 10.2.